The van der Waals surface area contributed by atoms with Gasteiger partial charge in [0.25, 0.3) is 5.91 Å². The van der Waals surface area contributed by atoms with E-state index < -0.39 is 0 Å². The van der Waals surface area contributed by atoms with Crippen molar-refractivity contribution in [3.8, 4) is 0 Å². The summed E-state index contributed by atoms with van der Waals surface area (Å²) in [5, 5.41) is 3.13. The minimum absolute atomic E-state index is 0.0309. The molecule has 1 amide bonds. The first-order chi connectivity index (χ1) is 15.0. The van der Waals surface area contributed by atoms with Crippen molar-refractivity contribution >= 4 is 11.6 Å². The molecule has 1 saturated heterocycles. The molecule has 2 heterocycles. The van der Waals surface area contributed by atoms with E-state index in [0.717, 1.165) is 48.8 Å². The molecule has 0 atom stereocenters. The number of rotatable bonds is 6. The van der Waals surface area contributed by atoms with Gasteiger partial charge in [-0.25, -0.2) is 0 Å². The maximum Gasteiger partial charge on any atom is 0.268 e. The fourth-order valence-electron chi connectivity index (χ4n) is 4.48. The predicted octanol–water partition coefficient (Wildman–Crippen LogP) is 4.23. The highest BCUT2D eigenvalue weighted by atomic mass is 16.5. The molecule has 2 aromatic carbocycles. The number of hydrogen-bond acceptors (Lipinski definition) is 3. The number of nitrogens with zero attached hydrogens (tertiary/aromatic N) is 2. The summed E-state index contributed by atoms with van der Waals surface area (Å²) in [4.78, 5) is 15.7. The van der Waals surface area contributed by atoms with E-state index in [-0.39, 0.29) is 5.91 Å². The van der Waals surface area contributed by atoms with Crippen molar-refractivity contribution in [1.82, 2.24) is 9.88 Å². The van der Waals surface area contributed by atoms with E-state index in [1.54, 1.807) is 0 Å². The van der Waals surface area contributed by atoms with Crippen molar-refractivity contribution in [1.29, 1.82) is 0 Å². The molecule has 1 aromatic heterocycles. The molecule has 0 saturated carbocycles. The highest BCUT2D eigenvalue weighted by molar-refractivity contribution is 5.96. The molecule has 1 aliphatic heterocycles. The van der Waals surface area contributed by atoms with E-state index in [1.807, 2.05) is 30.3 Å². The molecule has 0 bridgehead atoms. The van der Waals surface area contributed by atoms with Crippen LogP contribution in [0.25, 0.3) is 0 Å². The number of benzene rings is 2. The molecule has 162 valence electrons. The second kappa shape index (κ2) is 9.40. The number of aryl methyl sites for hydroxylation is 1. The highest BCUT2D eigenvalue weighted by Crippen LogP contribution is 2.32. The molecule has 0 radical (unpaired) electrons. The summed E-state index contributed by atoms with van der Waals surface area (Å²) in [6, 6.07) is 18.5. The molecular weight excluding hydrogens is 386 g/mol. The third-order valence-electron chi connectivity index (χ3n) is 5.99. The molecule has 1 aliphatic rings. The monoisotopic (exact) mass is 417 g/mol. The van der Waals surface area contributed by atoms with Crippen molar-refractivity contribution in [3.05, 3.63) is 88.2 Å². The number of carbonyl (C=O) groups excluding carboxylic acids is 1. The second-order valence-corrected chi connectivity index (χ2v) is 8.25. The minimum atomic E-state index is -0.0309. The van der Waals surface area contributed by atoms with Crippen molar-refractivity contribution in [2.75, 3.05) is 31.2 Å². The Bertz CT molecular complexity index is 1050. The maximum absolute atomic E-state index is 13.4. The predicted molar refractivity (Wildman–Crippen MR) is 125 cm³/mol. The van der Waals surface area contributed by atoms with Crippen LogP contribution in [0.4, 0.5) is 5.69 Å². The van der Waals surface area contributed by atoms with Crippen LogP contribution >= 0.6 is 0 Å². The Morgan fingerprint density at radius 3 is 2.39 bits per heavy atom. The zero-order valence-corrected chi connectivity index (χ0v) is 18.6. The van der Waals surface area contributed by atoms with E-state index >= 15 is 0 Å². The molecular formula is C26H31N3O2. The van der Waals surface area contributed by atoms with Crippen LogP contribution in [-0.2, 0) is 17.8 Å². The molecule has 3 aromatic rings. The molecule has 1 N–H and O–H groups in total. The Morgan fingerprint density at radius 2 is 1.68 bits per heavy atom. The molecule has 0 spiro atoms. The summed E-state index contributed by atoms with van der Waals surface area (Å²) in [7, 11) is 0. The van der Waals surface area contributed by atoms with Gasteiger partial charge in [-0.2, -0.15) is 0 Å². The van der Waals surface area contributed by atoms with Crippen LogP contribution in [0.1, 0.15) is 38.4 Å². The van der Waals surface area contributed by atoms with Crippen molar-refractivity contribution in [2.45, 2.75) is 33.9 Å². The summed E-state index contributed by atoms with van der Waals surface area (Å²) in [6.07, 6.45) is 0. The van der Waals surface area contributed by atoms with Crippen LogP contribution < -0.4 is 10.2 Å². The first kappa shape index (κ1) is 21.2. The number of aromatic nitrogens is 1. The lowest BCUT2D eigenvalue weighted by Gasteiger charge is -2.29. The molecule has 31 heavy (non-hydrogen) atoms. The summed E-state index contributed by atoms with van der Waals surface area (Å²) in [6.45, 7) is 10.6. The fraction of sp³-hybridized carbons (Fsp3) is 0.346. The minimum Gasteiger partial charge on any atom is -0.378 e. The van der Waals surface area contributed by atoms with Crippen molar-refractivity contribution in [2.24, 2.45) is 0 Å². The van der Waals surface area contributed by atoms with Gasteiger partial charge < -0.3 is 19.5 Å². The molecule has 5 heteroatoms. The van der Waals surface area contributed by atoms with E-state index in [9.17, 15) is 4.79 Å². The summed E-state index contributed by atoms with van der Waals surface area (Å²) >= 11 is 0. The van der Waals surface area contributed by atoms with Crippen molar-refractivity contribution in [3.63, 3.8) is 0 Å². The zero-order chi connectivity index (χ0) is 21.8. The number of morpholine rings is 1. The van der Waals surface area contributed by atoms with Gasteiger partial charge in [0.2, 0.25) is 0 Å². The summed E-state index contributed by atoms with van der Waals surface area (Å²) in [5.41, 5.74) is 7.60. The van der Waals surface area contributed by atoms with Gasteiger partial charge in [0.15, 0.2) is 0 Å². The van der Waals surface area contributed by atoms with Crippen LogP contribution in [0.3, 0.4) is 0 Å². The zero-order valence-electron chi connectivity index (χ0n) is 18.6. The van der Waals surface area contributed by atoms with Gasteiger partial charge in [0, 0.05) is 37.4 Å². The average molecular weight is 418 g/mol. The topological polar surface area (TPSA) is 46.5 Å². The summed E-state index contributed by atoms with van der Waals surface area (Å²) < 4.78 is 7.73. The number of hydrogen-bond donors (Lipinski definition) is 1. The van der Waals surface area contributed by atoms with E-state index in [0.29, 0.717) is 13.1 Å². The lowest BCUT2D eigenvalue weighted by molar-refractivity contribution is 0.0941. The van der Waals surface area contributed by atoms with Gasteiger partial charge in [0.05, 0.1) is 18.9 Å². The smallest absolute Gasteiger partial charge is 0.268 e. The Hall–Kier alpha value is -3.05. The second-order valence-electron chi connectivity index (χ2n) is 8.25. The third-order valence-corrected chi connectivity index (χ3v) is 5.99. The van der Waals surface area contributed by atoms with Gasteiger partial charge >= 0.3 is 0 Å². The van der Waals surface area contributed by atoms with E-state index in [2.05, 4.69) is 59.8 Å². The maximum atomic E-state index is 13.4. The van der Waals surface area contributed by atoms with Gasteiger partial charge in [0.1, 0.15) is 5.69 Å². The first-order valence-corrected chi connectivity index (χ1v) is 10.9. The normalized spacial score (nSPS) is 14.0. The molecule has 1 fully saturated rings. The van der Waals surface area contributed by atoms with Crippen LogP contribution in [0.15, 0.2) is 54.6 Å². The number of nitrogens with one attached hydrogen (secondary N) is 1. The van der Waals surface area contributed by atoms with Gasteiger partial charge in [-0.1, -0.05) is 60.2 Å². The Morgan fingerprint density at radius 1 is 0.968 bits per heavy atom. The molecule has 4 rings (SSSR count). The SMILES string of the molecule is Cc1cccc(Cn2c(C)c(N3CCOCC3)c(C)c2C(=O)NCc2ccccc2)c1. The quantitative estimate of drug-likeness (QED) is 0.653. The molecule has 5 nitrogen and oxygen atoms in total. The van der Waals surface area contributed by atoms with Gasteiger partial charge in [-0.05, 0) is 31.9 Å². The Labute approximate surface area is 184 Å². The van der Waals surface area contributed by atoms with Crippen molar-refractivity contribution < 1.29 is 9.53 Å². The lowest BCUT2D eigenvalue weighted by Crippen LogP contribution is -2.36. The average Bonchev–Trinajstić information content (AvgIpc) is 3.03. The fourth-order valence-corrected chi connectivity index (χ4v) is 4.48. The van der Waals surface area contributed by atoms with Crippen LogP contribution in [0.5, 0.6) is 0 Å². The van der Waals surface area contributed by atoms with Crippen LogP contribution in [0.2, 0.25) is 0 Å². The van der Waals surface area contributed by atoms with E-state index in [4.69, 9.17) is 4.74 Å². The van der Waals surface area contributed by atoms with Crippen LogP contribution in [-0.4, -0.2) is 36.8 Å². The number of ether oxygens (including phenoxy) is 1. The van der Waals surface area contributed by atoms with E-state index in [1.165, 1.54) is 16.8 Å². The first-order valence-electron chi connectivity index (χ1n) is 10.9. The number of amides is 1. The molecule has 0 aliphatic carbocycles. The van der Waals surface area contributed by atoms with Gasteiger partial charge in [-0.3, -0.25) is 4.79 Å². The lowest BCUT2D eigenvalue weighted by atomic mass is 10.1. The standard InChI is InChI=1S/C26H31N3O2/c1-19-8-7-11-23(16-19)18-29-21(3)24(28-12-14-31-15-13-28)20(2)25(29)26(30)27-17-22-9-5-4-6-10-22/h4-11,16H,12-15,17-18H2,1-3H3,(H,27,30). The Kier molecular flexibility index (Phi) is 6.42. The summed E-state index contributed by atoms with van der Waals surface area (Å²) in [5.74, 6) is -0.0309. The Balaban J connectivity index is 1.69. The van der Waals surface area contributed by atoms with Crippen LogP contribution in [0, 0.1) is 20.8 Å². The van der Waals surface area contributed by atoms with Gasteiger partial charge in [-0.15, -0.1) is 0 Å². The largest absolute Gasteiger partial charge is 0.378 e. The number of carbonyl (C=O) groups is 1. The third kappa shape index (κ3) is 4.67. The molecule has 0 unspecified atom stereocenters. The highest BCUT2D eigenvalue weighted by Gasteiger charge is 2.26. The number of anilines is 1.